The van der Waals surface area contributed by atoms with Gasteiger partial charge in [0.05, 0.1) is 18.8 Å². The highest BCUT2D eigenvalue weighted by atomic mass is 35.6. The number of aromatic nitrogens is 4. The van der Waals surface area contributed by atoms with Gasteiger partial charge in [0, 0.05) is 30.5 Å². The lowest BCUT2D eigenvalue weighted by atomic mass is 10.0. The Morgan fingerprint density at radius 2 is 1.83 bits per heavy atom. The molecule has 0 bridgehead atoms. The maximum Gasteiger partial charge on any atom is 0.276 e. The highest BCUT2D eigenvalue weighted by Gasteiger charge is 2.33. The van der Waals surface area contributed by atoms with Crippen LogP contribution < -0.4 is 5.32 Å². The van der Waals surface area contributed by atoms with Crippen molar-refractivity contribution >= 4 is 58.2 Å². The van der Waals surface area contributed by atoms with Crippen LogP contribution in [0.4, 0.5) is 5.69 Å². The first-order valence-corrected chi connectivity index (χ1v) is 12.7. The van der Waals surface area contributed by atoms with Crippen LogP contribution in [0.3, 0.4) is 0 Å². The summed E-state index contributed by atoms with van der Waals surface area (Å²) in [5, 5.41) is 24.1. The molecular formula is C22H22Cl3N5O4S. The highest BCUT2D eigenvalue weighted by Crippen LogP contribution is 2.39. The van der Waals surface area contributed by atoms with Crippen molar-refractivity contribution in [3.63, 3.8) is 0 Å². The van der Waals surface area contributed by atoms with Crippen LogP contribution in [0, 0.1) is 0 Å². The topological polar surface area (TPSA) is 111 Å². The quantitative estimate of drug-likeness (QED) is 0.325. The fraction of sp³-hybridized carbons (Fsp3) is 0.364. The van der Waals surface area contributed by atoms with E-state index < -0.39 is 16.0 Å². The Morgan fingerprint density at radius 1 is 1.14 bits per heavy atom. The van der Waals surface area contributed by atoms with E-state index in [0.717, 1.165) is 16.7 Å². The Labute approximate surface area is 221 Å². The first kappa shape index (κ1) is 26.2. The number of aliphatic hydroxyl groups excluding tert-OH is 1. The number of carbonyl (C=O) groups excluding carboxylic acids is 1. The molecule has 3 unspecified atom stereocenters. The van der Waals surface area contributed by atoms with Crippen molar-refractivity contribution in [3.05, 3.63) is 65.2 Å². The minimum absolute atomic E-state index is 0.0241. The first-order valence-electron chi connectivity index (χ1n) is 10.6. The molecule has 3 atom stereocenters. The minimum atomic E-state index is -2.06. The molecule has 3 aromatic rings. The molecule has 13 heteroatoms. The largest absolute Gasteiger partial charge is 0.392 e. The van der Waals surface area contributed by atoms with Gasteiger partial charge in [-0.05, 0) is 33.7 Å². The molecule has 0 spiro atoms. The third-order valence-corrected chi connectivity index (χ3v) is 6.95. The van der Waals surface area contributed by atoms with Crippen LogP contribution in [0.1, 0.15) is 35.5 Å². The number of halogens is 3. The molecule has 1 aromatic heterocycles. The summed E-state index contributed by atoms with van der Waals surface area (Å²) in [7, 11) is 1.78. The van der Waals surface area contributed by atoms with E-state index in [2.05, 4.69) is 20.8 Å². The minimum Gasteiger partial charge on any atom is -0.392 e. The Morgan fingerprint density at radius 3 is 2.43 bits per heavy atom. The molecule has 1 fully saturated rings. The number of hydrogen-bond acceptors (Lipinski definition) is 8. The van der Waals surface area contributed by atoms with Crippen molar-refractivity contribution in [2.45, 2.75) is 40.5 Å². The van der Waals surface area contributed by atoms with Crippen molar-refractivity contribution < 1.29 is 19.4 Å². The number of hydrogen-bond donors (Lipinski definition) is 2. The molecule has 1 saturated heterocycles. The van der Waals surface area contributed by atoms with Gasteiger partial charge in [0.2, 0.25) is 5.16 Å². The maximum absolute atomic E-state index is 11.9. The van der Waals surface area contributed by atoms with Crippen molar-refractivity contribution in [3.8, 4) is 0 Å². The number of rotatable bonds is 7. The monoisotopic (exact) mass is 557 g/mol. The van der Waals surface area contributed by atoms with Crippen LogP contribution in [0.15, 0.2) is 53.7 Å². The smallest absolute Gasteiger partial charge is 0.276 e. The fourth-order valence-electron chi connectivity index (χ4n) is 3.46. The fourth-order valence-corrected chi connectivity index (χ4v) is 4.47. The van der Waals surface area contributed by atoms with E-state index in [1.807, 2.05) is 24.3 Å². The molecule has 2 aromatic carbocycles. The summed E-state index contributed by atoms with van der Waals surface area (Å²) in [4.78, 5) is 11.9. The number of anilines is 1. The number of carbonyl (C=O) groups is 1. The molecule has 186 valence electrons. The molecule has 0 saturated carbocycles. The summed E-state index contributed by atoms with van der Waals surface area (Å²) in [5.74, 6) is -0.126. The lowest BCUT2D eigenvalue weighted by molar-refractivity contribution is -0.245. The summed E-state index contributed by atoms with van der Waals surface area (Å²) in [6, 6.07) is 14.6. The number of aliphatic hydroxyl groups is 1. The lowest BCUT2D eigenvalue weighted by Gasteiger charge is -2.36. The van der Waals surface area contributed by atoms with Crippen LogP contribution in [0.5, 0.6) is 0 Å². The molecule has 1 aliphatic rings. The predicted octanol–water partition coefficient (Wildman–Crippen LogP) is 4.35. The Hall–Kier alpha value is -1.92. The van der Waals surface area contributed by atoms with E-state index >= 15 is 0 Å². The molecule has 2 heterocycles. The number of aryl methyl sites for hydroxylation is 1. The number of nitrogens with one attached hydrogen (secondary N) is 1. The second-order valence-electron chi connectivity index (χ2n) is 7.82. The molecule has 1 amide bonds. The summed E-state index contributed by atoms with van der Waals surface area (Å²) in [6.45, 7) is -0.0241. The van der Waals surface area contributed by atoms with E-state index in [-0.39, 0.29) is 18.8 Å². The van der Waals surface area contributed by atoms with Crippen LogP contribution in [0.2, 0.25) is 0 Å². The number of ether oxygens (including phenoxy) is 2. The van der Waals surface area contributed by atoms with Gasteiger partial charge in [-0.3, -0.25) is 4.79 Å². The van der Waals surface area contributed by atoms with Gasteiger partial charge in [0.15, 0.2) is 6.29 Å². The van der Waals surface area contributed by atoms with E-state index in [9.17, 15) is 9.90 Å². The van der Waals surface area contributed by atoms with Gasteiger partial charge in [0.25, 0.3) is 9.70 Å². The number of nitrogens with zero attached hydrogens (tertiary/aromatic N) is 4. The van der Waals surface area contributed by atoms with Crippen LogP contribution >= 0.6 is 46.6 Å². The van der Waals surface area contributed by atoms with Crippen molar-refractivity contribution in [2.75, 3.05) is 11.1 Å². The number of thioether (sulfide) groups is 1. The zero-order valence-corrected chi connectivity index (χ0v) is 21.6. The Balaban J connectivity index is 1.51. The standard InChI is InChI=1S/C22H22Cl3N5O4S/c1-30-21(27-28-29-30)35-12-17-10-18(14-4-2-13(11-31)3-5-14)34-19(33-17)15-6-8-16(9-7-15)26-20(32)22(23,24)25/h2-9,17-19,31H,10-12H2,1H3,(H,26,32). The van der Waals surface area contributed by atoms with Gasteiger partial charge < -0.3 is 19.9 Å². The first-order chi connectivity index (χ1) is 16.7. The third kappa shape index (κ3) is 6.85. The van der Waals surface area contributed by atoms with Gasteiger partial charge in [-0.1, -0.05) is 83.0 Å². The van der Waals surface area contributed by atoms with Crippen molar-refractivity contribution in [1.29, 1.82) is 0 Å². The second kappa shape index (κ2) is 11.4. The average molecular weight is 559 g/mol. The zero-order valence-electron chi connectivity index (χ0n) is 18.5. The van der Waals surface area contributed by atoms with E-state index in [1.54, 1.807) is 36.0 Å². The number of amides is 1. The SMILES string of the molecule is Cn1nnnc1SCC1CC(c2ccc(CO)cc2)OC(c2ccc(NC(=O)C(Cl)(Cl)Cl)cc2)O1. The molecule has 0 radical (unpaired) electrons. The lowest BCUT2D eigenvalue weighted by Crippen LogP contribution is -2.31. The Kier molecular flexibility index (Phi) is 8.54. The highest BCUT2D eigenvalue weighted by molar-refractivity contribution is 7.99. The van der Waals surface area contributed by atoms with Crippen molar-refractivity contribution in [2.24, 2.45) is 7.05 Å². The number of alkyl halides is 3. The number of tetrazole rings is 1. The molecule has 9 nitrogen and oxygen atoms in total. The molecule has 1 aliphatic heterocycles. The molecule has 4 rings (SSSR count). The van der Waals surface area contributed by atoms with E-state index in [1.165, 1.54) is 11.8 Å². The van der Waals surface area contributed by atoms with E-state index in [0.29, 0.717) is 23.0 Å². The third-order valence-electron chi connectivity index (χ3n) is 5.29. The summed E-state index contributed by atoms with van der Waals surface area (Å²) < 4.78 is 12.1. The van der Waals surface area contributed by atoms with Crippen LogP contribution in [-0.2, 0) is 27.9 Å². The van der Waals surface area contributed by atoms with Gasteiger partial charge >= 0.3 is 0 Å². The maximum atomic E-state index is 11.9. The van der Waals surface area contributed by atoms with Crippen LogP contribution in [-0.4, -0.2) is 46.9 Å². The van der Waals surface area contributed by atoms with Gasteiger partial charge in [-0.2, -0.15) is 0 Å². The molecule has 0 aliphatic carbocycles. The van der Waals surface area contributed by atoms with E-state index in [4.69, 9.17) is 44.3 Å². The van der Waals surface area contributed by atoms with Gasteiger partial charge in [-0.25, -0.2) is 4.68 Å². The summed E-state index contributed by atoms with van der Waals surface area (Å²) in [6.07, 6.45) is -0.396. The zero-order chi connectivity index (χ0) is 25.0. The average Bonchev–Trinajstić information content (AvgIpc) is 3.27. The van der Waals surface area contributed by atoms with Crippen LogP contribution in [0.25, 0.3) is 0 Å². The Bertz CT molecular complexity index is 1140. The van der Waals surface area contributed by atoms with Gasteiger partial charge in [-0.15, -0.1) is 5.10 Å². The summed E-state index contributed by atoms with van der Waals surface area (Å²) >= 11 is 18.4. The second-order valence-corrected chi connectivity index (χ2v) is 11.1. The molecule has 35 heavy (non-hydrogen) atoms. The normalized spacial score (nSPS) is 20.5. The molecule has 2 N–H and O–H groups in total. The van der Waals surface area contributed by atoms with Crippen molar-refractivity contribution in [1.82, 2.24) is 20.2 Å². The predicted molar refractivity (Wildman–Crippen MR) is 133 cm³/mol. The number of benzene rings is 2. The van der Waals surface area contributed by atoms with Gasteiger partial charge in [0.1, 0.15) is 0 Å². The summed E-state index contributed by atoms with van der Waals surface area (Å²) in [5.41, 5.74) is 3.05. The molecular weight excluding hydrogens is 537 g/mol.